The molecule has 0 N–H and O–H groups in total. The van der Waals surface area contributed by atoms with Gasteiger partial charge >= 0.3 is 12.3 Å². The SMILES string of the molecule is O=C(c1cccc(F)c1C(F)(F)F)C1CC2CCC(C1)N2C(=O)OCC1c2ccccc2-c2ccccc21. The summed E-state index contributed by atoms with van der Waals surface area (Å²) in [5.74, 6) is -2.98. The Bertz CT molecular complexity index is 1360. The van der Waals surface area contributed by atoms with Gasteiger partial charge in [0.25, 0.3) is 0 Å². The number of piperidine rings is 1. The second-order valence-electron chi connectivity index (χ2n) is 10.3. The van der Waals surface area contributed by atoms with E-state index in [9.17, 15) is 27.2 Å². The van der Waals surface area contributed by atoms with Crippen molar-refractivity contribution in [1.82, 2.24) is 4.90 Å². The molecule has 38 heavy (non-hydrogen) atoms. The zero-order chi connectivity index (χ0) is 26.6. The number of Topliss-reactive ketones (excluding diaryl/α,β-unsaturated/α-hetero) is 1. The maximum Gasteiger partial charge on any atom is 0.419 e. The Morgan fingerprint density at radius 1 is 0.842 bits per heavy atom. The molecular weight excluding hydrogens is 498 g/mol. The van der Waals surface area contributed by atoms with E-state index in [4.69, 9.17) is 4.74 Å². The summed E-state index contributed by atoms with van der Waals surface area (Å²) in [6.45, 7) is 0.170. The van der Waals surface area contributed by atoms with Crippen LogP contribution in [0.25, 0.3) is 11.1 Å². The number of nitrogens with zero attached hydrogens (tertiary/aromatic N) is 1. The van der Waals surface area contributed by atoms with Crippen LogP contribution in [-0.2, 0) is 10.9 Å². The van der Waals surface area contributed by atoms with Crippen molar-refractivity contribution in [1.29, 1.82) is 0 Å². The maximum absolute atomic E-state index is 14.1. The Kier molecular flexibility index (Phi) is 6.00. The van der Waals surface area contributed by atoms with Crippen molar-refractivity contribution in [3.8, 4) is 11.1 Å². The second-order valence-corrected chi connectivity index (χ2v) is 10.3. The summed E-state index contributed by atoms with van der Waals surface area (Å²) in [6.07, 6.45) is -3.69. The minimum atomic E-state index is -4.97. The van der Waals surface area contributed by atoms with E-state index >= 15 is 0 Å². The number of hydrogen-bond acceptors (Lipinski definition) is 3. The molecule has 6 rings (SSSR count). The highest BCUT2D eigenvalue weighted by atomic mass is 19.4. The lowest BCUT2D eigenvalue weighted by molar-refractivity contribution is -0.140. The highest BCUT2D eigenvalue weighted by Crippen LogP contribution is 2.46. The summed E-state index contributed by atoms with van der Waals surface area (Å²) >= 11 is 0. The van der Waals surface area contributed by atoms with Crippen molar-refractivity contribution in [3.63, 3.8) is 0 Å². The monoisotopic (exact) mass is 523 g/mol. The Hall–Kier alpha value is -3.68. The predicted octanol–water partition coefficient (Wildman–Crippen LogP) is 7.22. The van der Waals surface area contributed by atoms with Crippen LogP contribution in [0, 0.1) is 11.7 Å². The fourth-order valence-electron chi connectivity index (χ4n) is 6.60. The molecule has 1 amide bonds. The molecule has 3 aliphatic rings. The Balaban J connectivity index is 1.16. The third kappa shape index (κ3) is 4.06. The molecule has 2 aliphatic heterocycles. The summed E-state index contributed by atoms with van der Waals surface area (Å²) in [4.78, 5) is 28.0. The van der Waals surface area contributed by atoms with E-state index in [0.717, 1.165) is 34.4 Å². The molecule has 2 bridgehead atoms. The van der Waals surface area contributed by atoms with Gasteiger partial charge in [0.2, 0.25) is 0 Å². The number of carbonyl (C=O) groups is 2. The third-order valence-electron chi connectivity index (χ3n) is 8.21. The largest absolute Gasteiger partial charge is 0.448 e. The molecule has 1 aliphatic carbocycles. The molecule has 2 saturated heterocycles. The molecule has 8 heteroatoms. The summed E-state index contributed by atoms with van der Waals surface area (Å²) < 4.78 is 60.4. The molecule has 196 valence electrons. The first-order valence-electron chi connectivity index (χ1n) is 12.8. The molecule has 0 aromatic heterocycles. The van der Waals surface area contributed by atoms with E-state index in [1.165, 1.54) is 0 Å². The summed E-state index contributed by atoms with van der Waals surface area (Å²) in [6, 6.07) is 18.3. The van der Waals surface area contributed by atoms with Gasteiger partial charge in [-0.3, -0.25) is 4.79 Å². The number of ether oxygens (including phenoxy) is 1. The lowest BCUT2D eigenvalue weighted by Crippen LogP contribution is -2.48. The Labute approximate surface area is 217 Å². The molecule has 2 unspecified atom stereocenters. The first-order valence-corrected chi connectivity index (χ1v) is 12.8. The maximum atomic E-state index is 14.1. The Morgan fingerprint density at radius 3 is 2.00 bits per heavy atom. The molecule has 0 saturated carbocycles. The van der Waals surface area contributed by atoms with Crippen molar-refractivity contribution in [3.05, 3.63) is 94.8 Å². The molecule has 0 radical (unpaired) electrons. The first-order chi connectivity index (χ1) is 18.2. The number of fused-ring (bicyclic) bond motifs is 5. The van der Waals surface area contributed by atoms with E-state index in [-0.39, 0.29) is 37.5 Å². The smallest absolute Gasteiger partial charge is 0.419 e. The van der Waals surface area contributed by atoms with Gasteiger partial charge in [0.15, 0.2) is 5.78 Å². The van der Waals surface area contributed by atoms with Gasteiger partial charge in [-0.15, -0.1) is 0 Å². The van der Waals surface area contributed by atoms with Gasteiger partial charge < -0.3 is 9.64 Å². The highest BCUT2D eigenvalue weighted by molar-refractivity contribution is 5.99. The van der Waals surface area contributed by atoms with Crippen LogP contribution in [0.5, 0.6) is 0 Å². The van der Waals surface area contributed by atoms with Gasteiger partial charge in [0.1, 0.15) is 18.0 Å². The van der Waals surface area contributed by atoms with Crippen molar-refractivity contribution in [2.24, 2.45) is 5.92 Å². The van der Waals surface area contributed by atoms with E-state index in [1.54, 1.807) is 4.90 Å². The quantitative estimate of drug-likeness (QED) is 0.268. The number of benzene rings is 3. The number of alkyl halides is 3. The molecule has 2 atom stereocenters. The molecule has 4 nitrogen and oxygen atoms in total. The molecule has 2 heterocycles. The number of halogens is 4. The van der Waals surface area contributed by atoms with Crippen LogP contribution in [-0.4, -0.2) is 35.5 Å². The molecule has 2 fully saturated rings. The number of amides is 1. The molecule has 3 aromatic carbocycles. The van der Waals surface area contributed by atoms with Crippen LogP contribution >= 0.6 is 0 Å². The van der Waals surface area contributed by atoms with Gasteiger partial charge in [0, 0.05) is 29.5 Å². The molecule has 0 spiro atoms. The van der Waals surface area contributed by atoms with Crippen molar-refractivity contribution >= 4 is 11.9 Å². The third-order valence-corrected chi connectivity index (χ3v) is 8.21. The summed E-state index contributed by atoms with van der Waals surface area (Å²) in [5, 5.41) is 0. The lowest BCUT2D eigenvalue weighted by atomic mass is 9.83. The normalized spacial score (nSPS) is 22.2. The first kappa shape index (κ1) is 24.6. The van der Waals surface area contributed by atoms with E-state index in [1.807, 2.05) is 36.4 Å². The second kappa shape index (κ2) is 9.26. The van der Waals surface area contributed by atoms with Crippen LogP contribution in [0.1, 0.15) is 58.6 Å². The molecular formula is C30H25F4NO3. The number of ketones is 1. The zero-order valence-corrected chi connectivity index (χ0v) is 20.4. The van der Waals surface area contributed by atoms with Crippen LogP contribution in [0.4, 0.5) is 22.4 Å². The van der Waals surface area contributed by atoms with Gasteiger partial charge in [-0.2, -0.15) is 13.2 Å². The average Bonchev–Trinajstić information content (AvgIpc) is 3.36. The predicted molar refractivity (Wildman–Crippen MR) is 132 cm³/mol. The number of hydrogen-bond donors (Lipinski definition) is 0. The van der Waals surface area contributed by atoms with Crippen molar-refractivity contribution in [2.45, 2.75) is 49.9 Å². The van der Waals surface area contributed by atoms with E-state index < -0.39 is 40.9 Å². The average molecular weight is 524 g/mol. The minimum absolute atomic E-state index is 0.0862. The van der Waals surface area contributed by atoms with Crippen LogP contribution < -0.4 is 0 Å². The van der Waals surface area contributed by atoms with E-state index in [0.29, 0.717) is 18.9 Å². The topological polar surface area (TPSA) is 46.6 Å². The molecule has 3 aromatic rings. The minimum Gasteiger partial charge on any atom is -0.448 e. The van der Waals surface area contributed by atoms with E-state index in [2.05, 4.69) is 12.1 Å². The van der Waals surface area contributed by atoms with Crippen LogP contribution in [0.15, 0.2) is 66.7 Å². The fourth-order valence-corrected chi connectivity index (χ4v) is 6.60. The number of carbonyl (C=O) groups excluding carboxylic acids is 2. The summed E-state index contributed by atoms with van der Waals surface area (Å²) in [5.41, 5.74) is 2.29. The van der Waals surface area contributed by atoms with Gasteiger partial charge in [-0.1, -0.05) is 60.7 Å². The van der Waals surface area contributed by atoms with Crippen molar-refractivity contribution < 1.29 is 31.9 Å². The highest BCUT2D eigenvalue weighted by Gasteiger charge is 2.48. The summed E-state index contributed by atoms with van der Waals surface area (Å²) in [7, 11) is 0. The Morgan fingerprint density at radius 2 is 1.42 bits per heavy atom. The van der Waals surface area contributed by atoms with Crippen molar-refractivity contribution in [2.75, 3.05) is 6.61 Å². The lowest BCUT2D eigenvalue weighted by Gasteiger charge is -2.38. The van der Waals surface area contributed by atoms with Gasteiger partial charge in [-0.25, -0.2) is 9.18 Å². The van der Waals surface area contributed by atoms with Crippen LogP contribution in [0.3, 0.4) is 0 Å². The zero-order valence-electron chi connectivity index (χ0n) is 20.4. The number of rotatable bonds is 4. The van der Waals surface area contributed by atoms with Gasteiger partial charge in [0.05, 0.1) is 0 Å². The fraction of sp³-hybridized carbons (Fsp3) is 0.333. The van der Waals surface area contributed by atoms with Crippen LogP contribution in [0.2, 0.25) is 0 Å². The standard InChI is InChI=1S/C30H25F4NO3/c31-26-11-5-10-24(27(26)30(32,33)34)28(36)17-14-18-12-13-19(15-17)35(18)29(37)38-16-25-22-8-3-1-6-20(22)21-7-2-4-9-23(21)25/h1-11,17-19,25H,12-16H2. The van der Waals surface area contributed by atoms with Gasteiger partial charge in [-0.05, 0) is 54.0 Å².